The number of rotatable bonds is 3. The van der Waals surface area contributed by atoms with E-state index in [1.807, 2.05) is 43.5 Å². The van der Waals surface area contributed by atoms with Crippen molar-refractivity contribution in [2.24, 2.45) is 14.1 Å². The van der Waals surface area contributed by atoms with Crippen LogP contribution in [0.5, 0.6) is 0 Å². The maximum atomic E-state index is 4.31. The van der Waals surface area contributed by atoms with Gasteiger partial charge in [0.2, 0.25) is 0 Å². The van der Waals surface area contributed by atoms with Crippen LogP contribution in [0, 0.1) is 13.8 Å². The molecule has 94 valence electrons. The summed E-state index contributed by atoms with van der Waals surface area (Å²) in [7, 11) is 3.90. The Morgan fingerprint density at radius 1 is 1.24 bits per heavy atom. The van der Waals surface area contributed by atoms with Crippen molar-refractivity contribution in [2.75, 3.05) is 5.32 Å². The minimum atomic E-state index is 0. The average Bonchev–Trinajstić information content (AvgIpc) is 2.70. The van der Waals surface area contributed by atoms with Crippen molar-refractivity contribution in [3.05, 3.63) is 29.3 Å². The second kappa shape index (κ2) is 5.23. The van der Waals surface area contributed by atoms with E-state index in [0.29, 0.717) is 0 Å². The molecule has 0 atom stereocenters. The SMILES string of the molecule is Cc1cc(CNc2cnn(C)c2C)n(C)n1.Cl. The van der Waals surface area contributed by atoms with Gasteiger partial charge in [-0.1, -0.05) is 0 Å². The molecule has 2 heterocycles. The molecule has 0 aliphatic carbocycles. The number of aromatic nitrogens is 4. The molecular formula is C11H18ClN5. The Hall–Kier alpha value is -1.49. The molecule has 0 aliphatic heterocycles. The van der Waals surface area contributed by atoms with Crippen molar-refractivity contribution in [1.29, 1.82) is 0 Å². The van der Waals surface area contributed by atoms with Gasteiger partial charge in [-0.3, -0.25) is 9.36 Å². The smallest absolute Gasteiger partial charge is 0.0759 e. The first-order valence-corrected chi connectivity index (χ1v) is 5.30. The van der Waals surface area contributed by atoms with Crippen molar-refractivity contribution >= 4 is 18.1 Å². The minimum Gasteiger partial charge on any atom is -0.377 e. The number of nitrogens with zero attached hydrogens (tertiary/aromatic N) is 4. The van der Waals surface area contributed by atoms with Crippen LogP contribution in [0.4, 0.5) is 5.69 Å². The summed E-state index contributed by atoms with van der Waals surface area (Å²) in [6.45, 7) is 4.81. The summed E-state index contributed by atoms with van der Waals surface area (Å²) in [4.78, 5) is 0. The Balaban J connectivity index is 0.00000144. The molecule has 0 radical (unpaired) electrons. The lowest BCUT2D eigenvalue weighted by atomic mass is 10.3. The molecule has 0 fully saturated rings. The molecule has 2 aromatic rings. The molecule has 17 heavy (non-hydrogen) atoms. The van der Waals surface area contributed by atoms with Crippen molar-refractivity contribution in [1.82, 2.24) is 19.6 Å². The second-order valence-electron chi connectivity index (χ2n) is 4.02. The average molecular weight is 256 g/mol. The number of hydrogen-bond donors (Lipinski definition) is 1. The fraction of sp³-hybridized carbons (Fsp3) is 0.455. The lowest BCUT2D eigenvalue weighted by molar-refractivity contribution is 0.712. The number of anilines is 1. The van der Waals surface area contributed by atoms with E-state index >= 15 is 0 Å². The molecule has 0 bridgehead atoms. The topological polar surface area (TPSA) is 47.7 Å². The number of nitrogens with one attached hydrogen (secondary N) is 1. The predicted octanol–water partition coefficient (Wildman–Crippen LogP) is 1.80. The molecule has 5 nitrogen and oxygen atoms in total. The number of halogens is 1. The summed E-state index contributed by atoms with van der Waals surface area (Å²) in [5.41, 5.74) is 4.42. The largest absolute Gasteiger partial charge is 0.377 e. The van der Waals surface area contributed by atoms with Gasteiger partial charge in [0.15, 0.2) is 0 Å². The van der Waals surface area contributed by atoms with Gasteiger partial charge in [0.05, 0.1) is 35.5 Å². The Bertz CT molecular complexity index is 498. The van der Waals surface area contributed by atoms with E-state index in [-0.39, 0.29) is 12.4 Å². The molecule has 1 N–H and O–H groups in total. The number of aryl methyl sites for hydroxylation is 3. The van der Waals surface area contributed by atoms with Gasteiger partial charge in [0, 0.05) is 14.1 Å². The van der Waals surface area contributed by atoms with Crippen molar-refractivity contribution in [3.63, 3.8) is 0 Å². The normalized spacial score (nSPS) is 10.1. The highest BCUT2D eigenvalue weighted by Crippen LogP contribution is 2.13. The third-order valence-corrected chi connectivity index (χ3v) is 2.79. The fourth-order valence-electron chi connectivity index (χ4n) is 1.69. The first-order chi connectivity index (χ1) is 7.58. The molecule has 0 saturated heterocycles. The van der Waals surface area contributed by atoms with Gasteiger partial charge in [0.25, 0.3) is 0 Å². The van der Waals surface area contributed by atoms with Gasteiger partial charge in [-0.2, -0.15) is 10.2 Å². The molecule has 6 heteroatoms. The highest BCUT2D eigenvalue weighted by atomic mass is 35.5. The second-order valence-corrected chi connectivity index (χ2v) is 4.02. The Labute approximate surface area is 107 Å². The molecule has 2 rings (SSSR count). The molecule has 0 unspecified atom stereocenters. The van der Waals surface area contributed by atoms with Gasteiger partial charge >= 0.3 is 0 Å². The summed E-state index contributed by atoms with van der Waals surface area (Å²) < 4.78 is 3.75. The van der Waals surface area contributed by atoms with Crippen LogP contribution in [-0.2, 0) is 20.6 Å². The van der Waals surface area contributed by atoms with E-state index in [4.69, 9.17) is 0 Å². The summed E-state index contributed by atoms with van der Waals surface area (Å²) in [6.07, 6.45) is 1.85. The summed E-state index contributed by atoms with van der Waals surface area (Å²) in [6, 6.07) is 2.08. The van der Waals surface area contributed by atoms with Gasteiger partial charge in [0.1, 0.15) is 0 Å². The van der Waals surface area contributed by atoms with Crippen LogP contribution in [0.2, 0.25) is 0 Å². The standard InChI is InChI=1S/C11H17N5.ClH/c1-8-5-10(16(4)14-8)6-12-11-7-13-15(3)9(11)2;/h5,7,12H,6H2,1-4H3;1H. The van der Waals surface area contributed by atoms with Crippen LogP contribution in [0.1, 0.15) is 17.1 Å². The van der Waals surface area contributed by atoms with E-state index < -0.39 is 0 Å². The first kappa shape index (κ1) is 13.6. The maximum absolute atomic E-state index is 4.31. The summed E-state index contributed by atoms with van der Waals surface area (Å²) in [5.74, 6) is 0. The quantitative estimate of drug-likeness (QED) is 0.910. The highest BCUT2D eigenvalue weighted by molar-refractivity contribution is 5.85. The molecule has 2 aromatic heterocycles. The molecule has 0 spiro atoms. The molecule has 0 amide bonds. The van der Waals surface area contributed by atoms with Crippen molar-refractivity contribution < 1.29 is 0 Å². The van der Waals surface area contributed by atoms with Crippen LogP contribution in [0.3, 0.4) is 0 Å². The van der Waals surface area contributed by atoms with Gasteiger partial charge in [-0.15, -0.1) is 12.4 Å². The fourth-order valence-corrected chi connectivity index (χ4v) is 1.69. The maximum Gasteiger partial charge on any atom is 0.0759 e. The van der Waals surface area contributed by atoms with E-state index in [1.54, 1.807) is 0 Å². The first-order valence-electron chi connectivity index (χ1n) is 5.30. The van der Waals surface area contributed by atoms with Crippen LogP contribution >= 0.6 is 12.4 Å². The van der Waals surface area contributed by atoms with Crippen LogP contribution in [0.15, 0.2) is 12.3 Å². The van der Waals surface area contributed by atoms with Crippen LogP contribution < -0.4 is 5.32 Å². The van der Waals surface area contributed by atoms with Crippen molar-refractivity contribution in [3.8, 4) is 0 Å². The van der Waals surface area contributed by atoms with E-state index in [2.05, 4.69) is 21.6 Å². The van der Waals surface area contributed by atoms with Crippen LogP contribution in [-0.4, -0.2) is 19.6 Å². The monoisotopic (exact) mass is 255 g/mol. The predicted molar refractivity (Wildman–Crippen MR) is 70.5 cm³/mol. The summed E-state index contributed by atoms with van der Waals surface area (Å²) >= 11 is 0. The molecule has 0 saturated carbocycles. The van der Waals surface area contributed by atoms with E-state index in [0.717, 1.165) is 23.6 Å². The van der Waals surface area contributed by atoms with E-state index in [9.17, 15) is 0 Å². The molecule has 0 aromatic carbocycles. The Kier molecular flexibility index (Phi) is 4.17. The zero-order valence-electron chi connectivity index (χ0n) is 10.6. The van der Waals surface area contributed by atoms with Gasteiger partial charge in [-0.25, -0.2) is 0 Å². The Morgan fingerprint density at radius 3 is 2.41 bits per heavy atom. The number of hydrogen-bond acceptors (Lipinski definition) is 3. The van der Waals surface area contributed by atoms with Crippen molar-refractivity contribution in [2.45, 2.75) is 20.4 Å². The third kappa shape index (κ3) is 2.79. The lowest BCUT2D eigenvalue weighted by Gasteiger charge is -2.05. The van der Waals surface area contributed by atoms with Gasteiger partial charge in [-0.05, 0) is 19.9 Å². The van der Waals surface area contributed by atoms with Gasteiger partial charge < -0.3 is 5.32 Å². The minimum absolute atomic E-state index is 0. The van der Waals surface area contributed by atoms with Crippen LogP contribution in [0.25, 0.3) is 0 Å². The lowest BCUT2D eigenvalue weighted by Crippen LogP contribution is -2.06. The molecular weight excluding hydrogens is 238 g/mol. The Morgan fingerprint density at radius 2 is 1.94 bits per heavy atom. The zero-order valence-corrected chi connectivity index (χ0v) is 11.4. The zero-order chi connectivity index (χ0) is 11.7. The summed E-state index contributed by atoms with van der Waals surface area (Å²) in [5, 5.41) is 11.9. The third-order valence-electron chi connectivity index (χ3n) is 2.79. The van der Waals surface area contributed by atoms with E-state index in [1.165, 1.54) is 5.69 Å². The molecule has 0 aliphatic rings. The highest BCUT2D eigenvalue weighted by Gasteiger charge is 2.05.